The van der Waals surface area contributed by atoms with E-state index in [1.54, 1.807) is 6.08 Å². The summed E-state index contributed by atoms with van der Waals surface area (Å²) in [5.41, 5.74) is 1.05. The van der Waals surface area contributed by atoms with Crippen molar-refractivity contribution in [2.45, 2.75) is 6.04 Å². The first-order chi connectivity index (χ1) is 6.74. The smallest absolute Gasteiger partial charge is 0.235 e. The predicted octanol–water partition coefficient (Wildman–Crippen LogP) is 1.63. The van der Waals surface area contributed by atoms with Crippen LogP contribution in [0.2, 0.25) is 0 Å². The summed E-state index contributed by atoms with van der Waals surface area (Å²) >= 11 is 0. The summed E-state index contributed by atoms with van der Waals surface area (Å²) in [5.74, 6) is 0. The fraction of sp³-hybridized carbons (Fsp3) is 0.364. The number of hydrogen-bond donors (Lipinski definition) is 0. The summed E-state index contributed by atoms with van der Waals surface area (Å²) in [5, 5.41) is 0. The number of aliphatic imine (C=N–C) groups is 1. The maximum Gasteiger partial charge on any atom is 0.235 e. The lowest BCUT2D eigenvalue weighted by Crippen LogP contribution is -2.19. The van der Waals surface area contributed by atoms with E-state index in [0.717, 1.165) is 12.1 Å². The molecule has 0 aliphatic heterocycles. The molecule has 0 aliphatic rings. The van der Waals surface area contributed by atoms with Crippen molar-refractivity contribution < 1.29 is 4.79 Å². The highest BCUT2D eigenvalue weighted by Gasteiger charge is 2.09. The van der Waals surface area contributed by atoms with Gasteiger partial charge in [0.2, 0.25) is 6.08 Å². The van der Waals surface area contributed by atoms with Crippen molar-refractivity contribution in [1.29, 1.82) is 0 Å². The molecule has 0 saturated heterocycles. The second-order valence-electron chi connectivity index (χ2n) is 3.41. The molecule has 0 bridgehead atoms. The van der Waals surface area contributed by atoms with Crippen molar-refractivity contribution in [2.24, 2.45) is 4.99 Å². The molecule has 0 radical (unpaired) electrons. The van der Waals surface area contributed by atoms with Crippen LogP contribution in [0.1, 0.15) is 11.6 Å². The van der Waals surface area contributed by atoms with E-state index in [9.17, 15) is 4.79 Å². The second kappa shape index (κ2) is 5.32. The van der Waals surface area contributed by atoms with Crippen molar-refractivity contribution in [3.63, 3.8) is 0 Å². The molecule has 0 aliphatic carbocycles. The second-order valence-corrected chi connectivity index (χ2v) is 3.41. The molecule has 0 spiro atoms. The Kier molecular flexibility index (Phi) is 4.05. The minimum atomic E-state index is -0.108. The van der Waals surface area contributed by atoms with E-state index in [1.807, 2.05) is 49.3 Å². The van der Waals surface area contributed by atoms with Gasteiger partial charge in [-0.25, -0.2) is 4.79 Å². The molecule has 0 heterocycles. The third kappa shape index (κ3) is 3.13. The van der Waals surface area contributed by atoms with Gasteiger partial charge in [-0.15, -0.1) is 0 Å². The Bertz CT molecular complexity index is 315. The quantitative estimate of drug-likeness (QED) is 0.534. The first kappa shape index (κ1) is 10.6. The summed E-state index contributed by atoms with van der Waals surface area (Å²) < 4.78 is 0. The molecule has 3 heteroatoms. The van der Waals surface area contributed by atoms with Gasteiger partial charge in [-0.2, -0.15) is 4.99 Å². The van der Waals surface area contributed by atoms with Gasteiger partial charge in [0.1, 0.15) is 6.04 Å². The minimum absolute atomic E-state index is 0.108. The van der Waals surface area contributed by atoms with E-state index in [2.05, 4.69) is 4.99 Å². The monoisotopic (exact) mass is 190 g/mol. The minimum Gasteiger partial charge on any atom is -0.307 e. The van der Waals surface area contributed by atoms with Gasteiger partial charge in [0.05, 0.1) is 0 Å². The first-order valence-electron chi connectivity index (χ1n) is 4.50. The molecule has 3 nitrogen and oxygen atoms in total. The molecule has 0 fully saturated rings. The largest absolute Gasteiger partial charge is 0.307 e. The number of benzene rings is 1. The van der Waals surface area contributed by atoms with Gasteiger partial charge in [0.25, 0.3) is 0 Å². The van der Waals surface area contributed by atoms with E-state index in [-0.39, 0.29) is 6.04 Å². The Labute approximate surface area is 84.1 Å². The Morgan fingerprint density at radius 3 is 2.50 bits per heavy atom. The van der Waals surface area contributed by atoms with Crippen LogP contribution in [0.5, 0.6) is 0 Å². The van der Waals surface area contributed by atoms with Crippen LogP contribution in [0.3, 0.4) is 0 Å². The Morgan fingerprint density at radius 2 is 2.00 bits per heavy atom. The van der Waals surface area contributed by atoms with Gasteiger partial charge in [-0.05, 0) is 19.7 Å². The van der Waals surface area contributed by atoms with Crippen LogP contribution >= 0.6 is 0 Å². The van der Waals surface area contributed by atoms with E-state index in [4.69, 9.17) is 0 Å². The van der Waals surface area contributed by atoms with Crippen molar-refractivity contribution in [3.05, 3.63) is 35.9 Å². The van der Waals surface area contributed by atoms with E-state index >= 15 is 0 Å². The molecule has 1 atom stereocenters. The molecule has 0 N–H and O–H groups in total. The van der Waals surface area contributed by atoms with Gasteiger partial charge < -0.3 is 4.90 Å². The van der Waals surface area contributed by atoms with Gasteiger partial charge in [-0.1, -0.05) is 30.3 Å². The number of rotatable bonds is 4. The van der Waals surface area contributed by atoms with Gasteiger partial charge in [-0.3, -0.25) is 0 Å². The van der Waals surface area contributed by atoms with E-state index in [0.29, 0.717) is 0 Å². The SMILES string of the molecule is CN(C)C[C@@H](N=C=O)c1ccccc1. The number of hydrogen-bond acceptors (Lipinski definition) is 3. The molecule has 74 valence electrons. The first-order valence-corrected chi connectivity index (χ1v) is 4.50. The zero-order chi connectivity index (χ0) is 10.4. The lowest BCUT2D eigenvalue weighted by Gasteiger charge is -2.15. The van der Waals surface area contributed by atoms with Crippen LogP contribution < -0.4 is 0 Å². The number of nitrogens with zero attached hydrogens (tertiary/aromatic N) is 2. The van der Waals surface area contributed by atoms with Crippen molar-refractivity contribution in [3.8, 4) is 0 Å². The average Bonchev–Trinajstić information content (AvgIpc) is 2.18. The Balaban J connectivity index is 2.83. The zero-order valence-corrected chi connectivity index (χ0v) is 8.47. The Morgan fingerprint density at radius 1 is 1.36 bits per heavy atom. The summed E-state index contributed by atoms with van der Waals surface area (Å²) in [6.45, 7) is 0.721. The van der Waals surface area contributed by atoms with Crippen LogP contribution in [0.15, 0.2) is 35.3 Å². The molecule has 0 saturated carbocycles. The number of isocyanates is 1. The number of carbonyl (C=O) groups excluding carboxylic acids is 1. The summed E-state index contributed by atoms with van der Waals surface area (Å²) in [7, 11) is 3.91. The van der Waals surface area contributed by atoms with Crippen molar-refractivity contribution >= 4 is 6.08 Å². The van der Waals surface area contributed by atoms with Gasteiger partial charge in [0.15, 0.2) is 0 Å². The Hall–Kier alpha value is -1.44. The fourth-order valence-electron chi connectivity index (χ4n) is 1.31. The lowest BCUT2D eigenvalue weighted by atomic mass is 10.1. The normalized spacial score (nSPS) is 12.2. The van der Waals surface area contributed by atoms with Crippen LogP contribution in [0, 0.1) is 0 Å². The highest BCUT2D eigenvalue weighted by molar-refractivity contribution is 5.35. The molecule has 1 aromatic carbocycles. The van der Waals surface area contributed by atoms with E-state index < -0.39 is 0 Å². The van der Waals surface area contributed by atoms with Crippen LogP contribution in [0.4, 0.5) is 0 Å². The summed E-state index contributed by atoms with van der Waals surface area (Å²) in [4.78, 5) is 16.0. The highest BCUT2D eigenvalue weighted by Crippen LogP contribution is 2.16. The third-order valence-corrected chi connectivity index (χ3v) is 1.93. The average molecular weight is 190 g/mol. The van der Waals surface area contributed by atoms with Crippen molar-refractivity contribution in [2.75, 3.05) is 20.6 Å². The fourth-order valence-corrected chi connectivity index (χ4v) is 1.31. The molecule has 14 heavy (non-hydrogen) atoms. The maximum absolute atomic E-state index is 10.3. The number of likely N-dealkylation sites (N-methyl/N-ethyl adjacent to an activating group) is 1. The van der Waals surface area contributed by atoms with E-state index in [1.165, 1.54) is 0 Å². The predicted molar refractivity (Wildman–Crippen MR) is 55.9 cm³/mol. The molecule has 0 amide bonds. The highest BCUT2D eigenvalue weighted by atomic mass is 16.1. The maximum atomic E-state index is 10.3. The van der Waals surface area contributed by atoms with Crippen LogP contribution in [0.25, 0.3) is 0 Å². The van der Waals surface area contributed by atoms with Gasteiger partial charge >= 0.3 is 0 Å². The molecule has 1 aromatic rings. The molecule has 0 unspecified atom stereocenters. The molecule has 1 rings (SSSR count). The lowest BCUT2D eigenvalue weighted by molar-refractivity contribution is 0.377. The van der Waals surface area contributed by atoms with Crippen LogP contribution in [-0.2, 0) is 4.79 Å². The zero-order valence-electron chi connectivity index (χ0n) is 8.47. The summed E-state index contributed by atoms with van der Waals surface area (Å²) in [6.07, 6.45) is 1.62. The molecule has 0 aromatic heterocycles. The third-order valence-electron chi connectivity index (χ3n) is 1.93. The molecular formula is C11H14N2O. The van der Waals surface area contributed by atoms with Gasteiger partial charge in [0, 0.05) is 6.54 Å². The topological polar surface area (TPSA) is 32.7 Å². The standard InChI is InChI=1S/C11H14N2O/c1-13(2)8-11(12-9-14)10-6-4-3-5-7-10/h3-7,11H,8H2,1-2H3/t11-/m1/s1. The van der Waals surface area contributed by atoms with Crippen LogP contribution in [-0.4, -0.2) is 31.6 Å². The summed E-state index contributed by atoms with van der Waals surface area (Å²) in [6, 6.07) is 9.66. The molecular weight excluding hydrogens is 176 g/mol. The van der Waals surface area contributed by atoms with Crippen molar-refractivity contribution in [1.82, 2.24) is 4.90 Å².